The standard InChI is InChI=1S/C16H24N2O8/c19-7-11(14(23)15(24)12(21)8-20)18-13(22)6-17-16(25)26-9-10-4-2-1-3-5-10/h1-5,11-12,14-15,19-21,23-24H,6-9H2,(H,17,25)(H,18,22)/t11-,12+,14+,15+/m0/s1. The minimum Gasteiger partial charge on any atom is -0.445 e. The molecule has 0 spiro atoms. The van der Waals surface area contributed by atoms with E-state index in [0.717, 1.165) is 5.56 Å². The van der Waals surface area contributed by atoms with Crippen LogP contribution in [0.1, 0.15) is 5.56 Å². The van der Waals surface area contributed by atoms with Gasteiger partial charge in [-0.05, 0) is 5.56 Å². The van der Waals surface area contributed by atoms with Crippen LogP contribution in [0.25, 0.3) is 0 Å². The molecule has 1 rings (SSSR count). The van der Waals surface area contributed by atoms with Gasteiger partial charge in [-0.2, -0.15) is 0 Å². The average molecular weight is 372 g/mol. The van der Waals surface area contributed by atoms with Crippen LogP contribution in [-0.4, -0.2) is 81.6 Å². The second-order valence-corrected chi connectivity index (χ2v) is 5.50. The number of hydrogen-bond donors (Lipinski definition) is 7. The molecule has 10 heteroatoms. The second-order valence-electron chi connectivity index (χ2n) is 5.50. The molecule has 2 amide bonds. The number of ether oxygens (including phenoxy) is 1. The van der Waals surface area contributed by atoms with Crippen molar-refractivity contribution in [2.24, 2.45) is 0 Å². The predicted molar refractivity (Wildman–Crippen MR) is 88.8 cm³/mol. The van der Waals surface area contributed by atoms with Crippen LogP contribution in [0.4, 0.5) is 4.79 Å². The molecule has 0 saturated carbocycles. The third kappa shape index (κ3) is 7.33. The van der Waals surface area contributed by atoms with Gasteiger partial charge in [-0.1, -0.05) is 30.3 Å². The maximum Gasteiger partial charge on any atom is 0.407 e. The van der Waals surface area contributed by atoms with Crippen LogP contribution < -0.4 is 10.6 Å². The van der Waals surface area contributed by atoms with Crippen LogP contribution in [0.5, 0.6) is 0 Å². The quantitative estimate of drug-likeness (QED) is 0.236. The summed E-state index contributed by atoms with van der Waals surface area (Å²) < 4.78 is 4.91. The van der Waals surface area contributed by atoms with Crippen LogP contribution in [0, 0.1) is 0 Å². The van der Waals surface area contributed by atoms with Crippen molar-refractivity contribution < 1.29 is 39.9 Å². The number of benzene rings is 1. The molecule has 1 aromatic rings. The minimum absolute atomic E-state index is 0.0253. The first kappa shape index (κ1) is 21.8. The van der Waals surface area contributed by atoms with Gasteiger partial charge in [0.25, 0.3) is 0 Å². The zero-order chi connectivity index (χ0) is 19.5. The smallest absolute Gasteiger partial charge is 0.407 e. The van der Waals surface area contributed by atoms with Gasteiger partial charge in [0.15, 0.2) is 0 Å². The topological polar surface area (TPSA) is 169 Å². The number of alkyl carbamates (subject to hydrolysis) is 1. The number of nitrogens with one attached hydrogen (secondary N) is 2. The van der Waals surface area contributed by atoms with E-state index in [1.807, 2.05) is 6.07 Å². The Labute approximate surface area is 150 Å². The molecule has 0 bridgehead atoms. The number of aliphatic hydroxyl groups is 5. The van der Waals surface area contributed by atoms with Gasteiger partial charge in [0.05, 0.1) is 19.3 Å². The molecule has 0 aliphatic rings. The molecule has 7 N–H and O–H groups in total. The molecule has 0 radical (unpaired) electrons. The Morgan fingerprint density at radius 1 is 1.00 bits per heavy atom. The minimum atomic E-state index is -1.78. The van der Waals surface area contributed by atoms with Crippen LogP contribution in [0.2, 0.25) is 0 Å². The molecule has 0 fully saturated rings. The molecule has 26 heavy (non-hydrogen) atoms. The van der Waals surface area contributed by atoms with Crippen molar-refractivity contribution in [3.63, 3.8) is 0 Å². The predicted octanol–water partition coefficient (Wildman–Crippen LogP) is -2.54. The summed E-state index contributed by atoms with van der Waals surface area (Å²) in [7, 11) is 0. The number of rotatable bonds is 10. The highest BCUT2D eigenvalue weighted by Gasteiger charge is 2.31. The SMILES string of the molecule is O=C(CNC(=O)OCc1ccccc1)N[C@@H](CO)[C@@H](O)[C@H](O)[C@H](O)CO. The summed E-state index contributed by atoms with van der Waals surface area (Å²) in [6.07, 6.45) is -5.97. The van der Waals surface area contributed by atoms with E-state index >= 15 is 0 Å². The van der Waals surface area contributed by atoms with Gasteiger partial charge in [-0.15, -0.1) is 0 Å². The first-order chi connectivity index (χ1) is 12.4. The van der Waals surface area contributed by atoms with Crippen molar-refractivity contribution in [2.75, 3.05) is 19.8 Å². The number of carbonyl (C=O) groups excluding carboxylic acids is 2. The molecule has 1 aromatic carbocycles. The molecule has 10 nitrogen and oxygen atoms in total. The fraction of sp³-hybridized carbons (Fsp3) is 0.500. The summed E-state index contributed by atoms with van der Waals surface area (Å²) in [5, 5.41) is 51.0. The van der Waals surface area contributed by atoms with Gasteiger partial charge < -0.3 is 40.9 Å². The highest BCUT2D eigenvalue weighted by atomic mass is 16.5. The van der Waals surface area contributed by atoms with E-state index in [-0.39, 0.29) is 6.61 Å². The monoisotopic (exact) mass is 372 g/mol. The van der Waals surface area contributed by atoms with E-state index in [0.29, 0.717) is 0 Å². The molecule has 0 heterocycles. The second kappa shape index (κ2) is 11.4. The Bertz CT molecular complexity index is 556. The Morgan fingerprint density at radius 3 is 2.23 bits per heavy atom. The van der Waals surface area contributed by atoms with Crippen LogP contribution in [0.3, 0.4) is 0 Å². The molecular weight excluding hydrogens is 348 g/mol. The van der Waals surface area contributed by atoms with Gasteiger partial charge in [0, 0.05) is 0 Å². The van der Waals surface area contributed by atoms with Crippen molar-refractivity contribution in [2.45, 2.75) is 31.0 Å². The normalized spacial score (nSPS) is 15.4. The first-order valence-electron chi connectivity index (χ1n) is 7.88. The van der Waals surface area contributed by atoms with E-state index in [4.69, 9.17) is 9.84 Å². The van der Waals surface area contributed by atoms with Crippen molar-refractivity contribution >= 4 is 12.0 Å². The Balaban J connectivity index is 2.38. The lowest BCUT2D eigenvalue weighted by Crippen LogP contribution is -2.55. The summed E-state index contributed by atoms with van der Waals surface area (Å²) in [6, 6.07) is 7.61. The maximum atomic E-state index is 11.8. The summed E-state index contributed by atoms with van der Waals surface area (Å²) in [4.78, 5) is 23.3. The third-order valence-corrected chi connectivity index (χ3v) is 3.49. The van der Waals surface area contributed by atoms with Crippen molar-refractivity contribution in [1.29, 1.82) is 0 Å². The van der Waals surface area contributed by atoms with Crippen LogP contribution in [-0.2, 0) is 16.1 Å². The van der Waals surface area contributed by atoms with E-state index in [9.17, 15) is 30.0 Å². The molecule has 4 atom stereocenters. The summed E-state index contributed by atoms with van der Waals surface area (Å²) in [5.74, 6) is -0.759. The molecule has 0 saturated heterocycles. The van der Waals surface area contributed by atoms with Crippen molar-refractivity contribution in [3.8, 4) is 0 Å². The maximum absolute atomic E-state index is 11.8. The summed E-state index contributed by atoms with van der Waals surface area (Å²) in [6.45, 7) is -2.01. The Hall–Kier alpha value is -2.24. The lowest BCUT2D eigenvalue weighted by Gasteiger charge is -2.28. The average Bonchev–Trinajstić information content (AvgIpc) is 2.67. The van der Waals surface area contributed by atoms with E-state index in [1.165, 1.54) is 0 Å². The first-order valence-corrected chi connectivity index (χ1v) is 7.88. The lowest BCUT2D eigenvalue weighted by molar-refractivity contribution is -0.125. The zero-order valence-electron chi connectivity index (χ0n) is 14.0. The highest BCUT2D eigenvalue weighted by molar-refractivity contribution is 5.82. The van der Waals surface area contributed by atoms with Gasteiger partial charge in [0.2, 0.25) is 5.91 Å². The highest BCUT2D eigenvalue weighted by Crippen LogP contribution is 2.05. The van der Waals surface area contributed by atoms with Gasteiger partial charge in [-0.3, -0.25) is 4.79 Å². The third-order valence-electron chi connectivity index (χ3n) is 3.49. The van der Waals surface area contributed by atoms with E-state index in [2.05, 4.69) is 10.6 Å². The summed E-state index contributed by atoms with van der Waals surface area (Å²) in [5.41, 5.74) is 0.770. The molecule has 0 aromatic heterocycles. The summed E-state index contributed by atoms with van der Waals surface area (Å²) >= 11 is 0. The fourth-order valence-electron chi connectivity index (χ4n) is 2.00. The van der Waals surface area contributed by atoms with E-state index < -0.39 is 56.1 Å². The Kier molecular flexibility index (Phi) is 9.55. The van der Waals surface area contributed by atoms with Gasteiger partial charge >= 0.3 is 6.09 Å². The largest absolute Gasteiger partial charge is 0.445 e. The van der Waals surface area contributed by atoms with Crippen LogP contribution >= 0.6 is 0 Å². The molecular formula is C16H24N2O8. The van der Waals surface area contributed by atoms with Crippen molar-refractivity contribution in [1.82, 2.24) is 10.6 Å². The number of aliphatic hydroxyl groups excluding tert-OH is 5. The van der Waals surface area contributed by atoms with Gasteiger partial charge in [0.1, 0.15) is 31.5 Å². The van der Waals surface area contributed by atoms with Gasteiger partial charge in [-0.25, -0.2) is 4.79 Å². The van der Waals surface area contributed by atoms with Crippen LogP contribution in [0.15, 0.2) is 30.3 Å². The lowest BCUT2D eigenvalue weighted by atomic mass is 10.0. The molecule has 0 aliphatic heterocycles. The number of carbonyl (C=O) groups is 2. The number of hydrogen-bond acceptors (Lipinski definition) is 8. The van der Waals surface area contributed by atoms with E-state index in [1.54, 1.807) is 24.3 Å². The Morgan fingerprint density at radius 2 is 1.65 bits per heavy atom. The molecule has 0 unspecified atom stereocenters. The molecule has 0 aliphatic carbocycles. The molecule has 146 valence electrons. The zero-order valence-corrected chi connectivity index (χ0v) is 14.0. The van der Waals surface area contributed by atoms with Crippen molar-refractivity contribution in [3.05, 3.63) is 35.9 Å². The fourth-order valence-corrected chi connectivity index (χ4v) is 2.00. The number of amides is 2.